The molecule has 7 nitrogen and oxygen atoms in total. The number of hydrogen-bond donors (Lipinski definition) is 1. The van der Waals surface area contributed by atoms with Crippen molar-refractivity contribution in [2.24, 2.45) is 5.92 Å². The number of piperidine rings is 1. The van der Waals surface area contributed by atoms with Crippen molar-refractivity contribution >= 4 is 27.6 Å². The third-order valence-electron chi connectivity index (χ3n) is 5.14. The molecule has 3 rings (SSSR count). The molecule has 0 bridgehead atoms. The SMILES string of the molecule is CCOC(=O)c1ccc(C)c(NC(=O)[C@@H]2CCCN(S(=O)(=O)c3ccccc3)C2)c1. The van der Waals surface area contributed by atoms with E-state index in [9.17, 15) is 18.0 Å². The van der Waals surface area contributed by atoms with E-state index in [1.165, 1.54) is 4.31 Å². The summed E-state index contributed by atoms with van der Waals surface area (Å²) in [6.45, 7) is 4.34. The highest BCUT2D eigenvalue weighted by Crippen LogP contribution is 2.26. The Balaban J connectivity index is 1.73. The van der Waals surface area contributed by atoms with Gasteiger partial charge in [-0.2, -0.15) is 4.31 Å². The number of aryl methyl sites for hydroxylation is 1. The highest BCUT2D eigenvalue weighted by molar-refractivity contribution is 7.89. The molecule has 1 N–H and O–H groups in total. The zero-order valence-electron chi connectivity index (χ0n) is 17.1. The lowest BCUT2D eigenvalue weighted by atomic mass is 9.98. The van der Waals surface area contributed by atoms with Gasteiger partial charge >= 0.3 is 5.97 Å². The third kappa shape index (κ3) is 4.88. The van der Waals surface area contributed by atoms with Crippen LogP contribution >= 0.6 is 0 Å². The van der Waals surface area contributed by atoms with Crippen molar-refractivity contribution in [3.63, 3.8) is 0 Å². The van der Waals surface area contributed by atoms with Crippen LogP contribution in [0.5, 0.6) is 0 Å². The average molecular weight is 431 g/mol. The van der Waals surface area contributed by atoms with E-state index in [4.69, 9.17) is 4.74 Å². The lowest BCUT2D eigenvalue weighted by Crippen LogP contribution is -2.43. The van der Waals surface area contributed by atoms with Crippen LogP contribution in [0.15, 0.2) is 53.4 Å². The van der Waals surface area contributed by atoms with Crippen molar-refractivity contribution < 1.29 is 22.7 Å². The maximum Gasteiger partial charge on any atom is 0.338 e. The lowest BCUT2D eigenvalue weighted by Gasteiger charge is -2.31. The molecule has 1 aliphatic heterocycles. The number of nitrogens with zero attached hydrogens (tertiary/aromatic N) is 1. The number of sulfonamides is 1. The number of ether oxygens (including phenoxy) is 1. The topological polar surface area (TPSA) is 92.8 Å². The number of carbonyl (C=O) groups excluding carboxylic acids is 2. The Hall–Kier alpha value is -2.71. The van der Waals surface area contributed by atoms with Gasteiger partial charge in [-0.15, -0.1) is 0 Å². The predicted molar refractivity (Wildman–Crippen MR) is 114 cm³/mol. The van der Waals surface area contributed by atoms with E-state index < -0.39 is 21.9 Å². The lowest BCUT2D eigenvalue weighted by molar-refractivity contribution is -0.120. The van der Waals surface area contributed by atoms with Crippen LogP contribution in [0.1, 0.15) is 35.7 Å². The van der Waals surface area contributed by atoms with E-state index in [0.29, 0.717) is 30.6 Å². The van der Waals surface area contributed by atoms with E-state index in [1.807, 2.05) is 6.92 Å². The standard InChI is InChI=1S/C22H26N2O5S/c1-3-29-22(26)17-12-11-16(2)20(14-17)23-21(25)18-8-7-13-24(15-18)30(27,28)19-9-5-4-6-10-19/h4-6,9-12,14,18H,3,7-8,13,15H2,1-2H3,(H,23,25)/t18-/m1/s1. The minimum Gasteiger partial charge on any atom is -0.462 e. The molecule has 2 aromatic rings. The van der Waals surface area contributed by atoms with Crippen LogP contribution in [0.2, 0.25) is 0 Å². The first-order valence-corrected chi connectivity index (χ1v) is 11.4. The molecule has 160 valence electrons. The molecule has 0 saturated carbocycles. The first-order chi connectivity index (χ1) is 14.3. The number of nitrogens with one attached hydrogen (secondary N) is 1. The van der Waals surface area contributed by atoms with Gasteiger partial charge in [-0.05, 0) is 56.5 Å². The van der Waals surface area contributed by atoms with E-state index in [0.717, 1.165) is 5.56 Å². The van der Waals surface area contributed by atoms with Gasteiger partial charge in [0.1, 0.15) is 0 Å². The summed E-state index contributed by atoms with van der Waals surface area (Å²) in [6, 6.07) is 13.2. The molecule has 30 heavy (non-hydrogen) atoms. The summed E-state index contributed by atoms with van der Waals surface area (Å²) < 4.78 is 32.2. The minimum absolute atomic E-state index is 0.125. The first-order valence-electron chi connectivity index (χ1n) is 9.96. The van der Waals surface area contributed by atoms with Gasteiger partial charge in [0.2, 0.25) is 15.9 Å². The quantitative estimate of drug-likeness (QED) is 0.711. The Bertz CT molecular complexity index is 1020. The molecule has 0 unspecified atom stereocenters. The van der Waals surface area contributed by atoms with Gasteiger partial charge in [0.05, 0.1) is 23.0 Å². The Labute approximate surface area is 177 Å². The summed E-state index contributed by atoms with van der Waals surface area (Å²) >= 11 is 0. The molecule has 2 aromatic carbocycles. The van der Waals surface area contributed by atoms with Crippen molar-refractivity contribution in [1.29, 1.82) is 0 Å². The van der Waals surface area contributed by atoms with Crippen molar-refractivity contribution in [3.05, 3.63) is 59.7 Å². The van der Waals surface area contributed by atoms with Crippen LogP contribution in [0, 0.1) is 12.8 Å². The normalized spacial score (nSPS) is 17.3. The average Bonchev–Trinajstić information content (AvgIpc) is 2.76. The molecule has 8 heteroatoms. The van der Waals surface area contributed by atoms with Crippen LogP contribution in [0.25, 0.3) is 0 Å². The van der Waals surface area contributed by atoms with Gasteiger partial charge in [-0.3, -0.25) is 4.79 Å². The zero-order valence-corrected chi connectivity index (χ0v) is 17.9. The second kappa shape index (κ2) is 9.40. The molecule has 1 fully saturated rings. The fourth-order valence-corrected chi connectivity index (χ4v) is 4.99. The molecular weight excluding hydrogens is 404 g/mol. The monoisotopic (exact) mass is 430 g/mol. The summed E-state index contributed by atoms with van der Waals surface area (Å²) in [5, 5.41) is 2.86. The van der Waals surface area contributed by atoms with Gasteiger partial charge in [0.25, 0.3) is 0 Å². The molecule has 0 spiro atoms. The van der Waals surface area contributed by atoms with Gasteiger partial charge in [-0.1, -0.05) is 24.3 Å². The second-order valence-electron chi connectivity index (χ2n) is 7.25. The minimum atomic E-state index is -3.64. The van der Waals surface area contributed by atoms with Gasteiger partial charge in [0.15, 0.2) is 0 Å². The van der Waals surface area contributed by atoms with Crippen LogP contribution in [-0.4, -0.2) is 44.3 Å². The fourth-order valence-electron chi connectivity index (χ4n) is 3.45. The predicted octanol–water partition coefficient (Wildman–Crippen LogP) is 3.21. The van der Waals surface area contributed by atoms with Crippen LogP contribution in [0.3, 0.4) is 0 Å². The fraction of sp³-hybridized carbons (Fsp3) is 0.364. The Kier molecular flexibility index (Phi) is 6.89. The largest absolute Gasteiger partial charge is 0.462 e. The highest BCUT2D eigenvalue weighted by atomic mass is 32.2. The smallest absolute Gasteiger partial charge is 0.338 e. The molecule has 0 aliphatic carbocycles. The Morgan fingerprint density at radius 1 is 1.17 bits per heavy atom. The number of carbonyl (C=O) groups is 2. The number of benzene rings is 2. The number of amides is 1. The van der Waals surface area contributed by atoms with Crippen molar-refractivity contribution in [1.82, 2.24) is 4.31 Å². The summed E-state index contributed by atoms with van der Waals surface area (Å²) in [4.78, 5) is 25.1. The Morgan fingerprint density at radius 3 is 2.60 bits per heavy atom. The summed E-state index contributed by atoms with van der Waals surface area (Å²) in [6.07, 6.45) is 1.20. The van der Waals surface area contributed by atoms with E-state index >= 15 is 0 Å². The Morgan fingerprint density at radius 2 is 1.90 bits per heavy atom. The summed E-state index contributed by atoms with van der Waals surface area (Å²) in [7, 11) is -3.64. The van der Waals surface area contributed by atoms with Crippen molar-refractivity contribution in [2.45, 2.75) is 31.6 Å². The zero-order chi connectivity index (χ0) is 21.7. The molecule has 1 heterocycles. The van der Waals surface area contributed by atoms with Crippen molar-refractivity contribution in [3.8, 4) is 0 Å². The number of rotatable bonds is 6. The number of anilines is 1. The van der Waals surface area contributed by atoms with Crippen LogP contribution < -0.4 is 5.32 Å². The molecule has 1 amide bonds. The number of esters is 1. The number of hydrogen-bond acceptors (Lipinski definition) is 5. The maximum atomic E-state index is 12.9. The van der Waals surface area contributed by atoms with Gasteiger partial charge < -0.3 is 10.1 Å². The maximum absolute atomic E-state index is 12.9. The molecule has 0 aromatic heterocycles. The molecule has 1 atom stereocenters. The highest BCUT2D eigenvalue weighted by Gasteiger charge is 2.33. The van der Waals surface area contributed by atoms with E-state index in [1.54, 1.807) is 55.5 Å². The van der Waals surface area contributed by atoms with Crippen LogP contribution in [0.4, 0.5) is 5.69 Å². The molecule has 0 radical (unpaired) electrons. The van der Waals surface area contributed by atoms with Gasteiger partial charge in [0, 0.05) is 18.8 Å². The van der Waals surface area contributed by atoms with E-state index in [2.05, 4.69) is 5.32 Å². The molecule has 1 aliphatic rings. The van der Waals surface area contributed by atoms with Gasteiger partial charge in [-0.25, -0.2) is 13.2 Å². The first kappa shape index (κ1) is 22.0. The third-order valence-corrected chi connectivity index (χ3v) is 7.02. The molecule has 1 saturated heterocycles. The van der Waals surface area contributed by atoms with E-state index in [-0.39, 0.29) is 24.0 Å². The van der Waals surface area contributed by atoms with Crippen molar-refractivity contribution in [2.75, 3.05) is 25.0 Å². The van der Waals surface area contributed by atoms with Crippen LogP contribution in [-0.2, 0) is 19.6 Å². The summed E-state index contributed by atoms with van der Waals surface area (Å²) in [5.41, 5.74) is 1.68. The summed E-state index contributed by atoms with van der Waals surface area (Å²) in [5.74, 6) is -1.18. The second-order valence-corrected chi connectivity index (χ2v) is 9.19. The molecular formula is C22H26N2O5S.